The third kappa shape index (κ3) is 9.69. The molecule has 1 rings (SSSR count). The van der Waals surface area contributed by atoms with E-state index in [0.717, 1.165) is 63.6 Å². The predicted molar refractivity (Wildman–Crippen MR) is 99.9 cm³/mol. The van der Waals surface area contributed by atoms with E-state index in [4.69, 9.17) is 27.9 Å². The van der Waals surface area contributed by atoms with Crippen molar-refractivity contribution in [2.45, 2.75) is 33.1 Å². The fraction of sp³-hybridized carbons (Fsp3) is 0.588. The van der Waals surface area contributed by atoms with E-state index < -0.39 is 0 Å². The molecule has 2 N–H and O–H groups in total. The second-order valence-electron chi connectivity index (χ2n) is 5.12. The highest BCUT2D eigenvalue weighted by molar-refractivity contribution is 6.34. The van der Waals surface area contributed by atoms with Crippen LogP contribution in [-0.4, -0.2) is 38.8 Å². The molecule has 0 fully saturated rings. The Morgan fingerprint density at radius 3 is 2.48 bits per heavy atom. The van der Waals surface area contributed by atoms with E-state index in [1.807, 2.05) is 19.1 Å². The molecule has 1 aromatic carbocycles. The van der Waals surface area contributed by atoms with Crippen LogP contribution in [0.3, 0.4) is 0 Å². The van der Waals surface area contributed by atoms with Gasteiger partial charge in [-0.3, -0.25) is 4.99 Å². The van der Waals surface area contributed by atoms with Gasteiger partial charge in [0, 0.05) is 42.9 Å². The van der Waals surface area contributed by atoms with E-state index in [0.29, 0.717) is 10.0 Å². The molecule has 0 heterocycles. The van der Waals surface area contributed by atoms with E-state index in [1.54, 1.807) is 6.07 Å². The highest BCUT2D eigenvalue weighted by Crippen LogP contribution is 2.19. The Morgan fingerprint density at radius 2 is 1.83 bits per heavy atom. The number of hydrogen-bond donors (Lipinski definition) is 2. The van der Waals surface area contributed by atoms with Gasteiger partial charge in [-0.1, -0.05) is 23.2 Å². The number of halogens is 2. The Labute approximate surface area is 149 Å². The maximum absolute atomic E-state index is 6.01. The zero-order valence-electron chi connectivity index (χ0n) is 14.0. The zero-order chi connectivity index (χ0) is 16.9. The summed E-state index contributed by atoms with van der Waals surface area (Å²) in [6, 6.07) is 5.62. The monoisotopic (exact) mass is 359 g/mol. The van der Waals surface area contributed by atoms with Crippen molar-refractivity contribution in [3.05, 3.63) is 33.8 Å². The lowest BCUT2D eigenvalue weighted by molar-refractivity contribution is 0.144. The van der Waals surface area contributed by atoms with Crippen LogP contribution in [0.25, 0.3) is 0 Å². The second-order valence-corrected chi connectivity index (χ2v) is 5.99. The predicted octanol–water partition coefficient (Wildman–Crippen LogP) is 3.91. The van der Waals surface area contributed by atoms with E-state index in [-0.39, 0.29) is 0 Å². The van der Waals surface area contributed by atoms with E-state index in [2.05, 4.69) is 22.5 Å². The summed E-state index contributed by atoms with van der Waals surface area (Å²) < 4.78 is 5.32. The van der Waals surface area contributed by atoms with Crippen molar-refractivity contribution in [3.8, 4) is 0 Å². The molecule has 23 heavy (non-hydrogen) atoms. The normalized spacial score (nSPS) is 11.6. The van der Waals surface area contributed by atoms with Crippen LogP contribution in [0.1, 0.15) is 32.3 Å². The molecule has 6 heteroatoms. The average molecular weight is 360 g/mol. The number of rotatable bonds is 10. The summed E-state index contributed by atoms with van der Waals surface area (Å²) in [7, 11) is 0. The van der Waals surface area contributed by atoms with Gasteiger partial charge in [0.05, 0.1) is 0 Å². The number of benzene rings is 1. The highest BCUT2D eigenvalue weighted by atomic mass is 35.5. The van der Waals surface area contributed by atoms with Crippen LogP contribution in [0.15, 0.2) is 23.2 Å². The van der Waals surface area contributed by atoms with Gasteiger partial charge in [0.1, 0.15) is 0 Å². The number of aliphatic imine (C=N–C) groups is 1. The van der Waals surface area contributed by atoms with Gasteiger partial charge in [0.25, 0.3) is 0 Å². The number of nitrogens with one attached hydrogen (secondary N) is 2. The first-order valence-corrected chi connectivity index (χ1v) is 8.96. The summed E-state index contributed by atoms with van der Waals surface area (Å²) in [6.07, 6.45) is 2.91. The molecule has 1 aromatic rings. The van der Waals surface area contributed by atoms with Crippen LogP contribution in [0.2, 0.25) is 10.0 Å². The van der Waals surface area contributed by atoms with Crippen molar-refractivity contribution in [1.29, 1.82) is 0 Å². The third-order valence-electron chi connectivity index (χ3n) is 3.14. The topological polar surface area (TPSA) is 45.7 Å². The van der Waals surface area contributed by atoms with Crippen molar-refractivity contribution < 1.29 is 4.74 Å². The Hall–Kier alpha value is -0.970. The van der Waals surface area contributed by atoms with Gasteiger partial charge in [0.2, 0.25) is 0 Å². The molecule has 0 amide bonds. The summed E-state index contributed by atoms with van der Waals surface area (Å²) in [4.78, 5) is 4.56. The smallest absolute Gasteiger partial charge is 0.191 e. The third-order valence-corrected chi connectivity index (χ3v) is 3.58. The molecule has 0 spiro atoms. The van der Waals surface area contributed by atoms with Crippen LogP contribution in [0.4, 0.5) is 0 Å². The minimum Gasteiger partial charge on any atom is -0.382 e. The van der Waals surface area contributed by atoms with Crippen molar-refractivity contribution in [2.24, 2.45) is 4.99 Å². The van der Waals surface area contributed by atoms with Crippen molar-refractivity contribution >= 4 is 29.2 Å². The fourth-order valence-electron chi connectivity index (χ4n) is 2.07. The van der Waals surface area contributed by atoms with Crippen LogP contribution < -0.4 is 10.6 Å². The van der Waals surface area contributed by atoms with Gasteiger partial charge in [0.15, 0.2) is 5.96 Å². The summed E-state index contributed by atoms with van der Waals surface area (Å²) in [5.74, 6) is 0.844. The minimum absolute atomic E-state index is 0.669. The van der Waals surface area contributed by atoms with E-state index in [9.17, 15) is 0 Å². The second kappa shape index (κ2) is 12.5. The Morgan fingerprint density at radius 1 is 1.09 bits per heavy atom. The number of nitrogens with zero attached hydrogens (tertiary/aromatic N) is 1. The molecule has 130 valence electrons. The molecule has 4 nitrogen and oxygen atoms in total. The van der Waals surface area contributed by atoms with Crippen LogP contribution >= 0.6 is 23.2 Å². The van der Waals surface area contributed by atoms with Gasteiger partial charge in [-0.15, -0.1) is 0 Å². The SMILES string of the molecule is CCNC(=NCCCCOCC)NCCc1cc(Cl)cc(Cl)c1. The minimum atomic E-state index is 0.669. The summed E-state index contributed by atoms with van der Waals surface area (Å²) >= 11 is 12.0. The Balaban J connectivity index is 2.34. The maximum atomic E-state index is 6.01. The van der Waals surface area contributed by atoms with Gasteiger partial charge in [-0.2, -0.15) is 0 Å². The van der Waals surface area contributed by atoms with Gasteiger partial charge >= 0.3 is 0 Å². The number of guanidine groups is 1. The molecule has 0 aromatic heterocycles. The molecule has 0 unspecified atom stereocenters. The first kappa shape index (κ1) is 20.1. The standard InChI is InChI=1S/C17H27Cl2N3O/c1-3-20-17(21-8-5-6-10-23-4-2)22-9-7-14-11-15(18)13-16(19)12-14/h11-13H,3-10H2,1-2H3,(H2,20,21,22). The lowest BCUT2D eigenvalue weighted by atomic mass is 10.1. The molecule has 0 radical (unpaired) electrons. The number of hydrogen-bond acceptors (Lipinski definition) is 2. The molecule has 0 aliphatic rings. The maximum Gasteiger partial charge on any atom is 0.191 e. The highest BCUT2D eigenvalue weighted by Gasteiger charge is 2.00. The lowest BCUT2D eigenvalue weighted by Gasteiger charge is -2.11. The molecule has 0 bridgehead atoms. The van der Waals surface area contributed by atoms with Crippen LogP contribution in [-0.2, 0) is 11.2 Å². The van der Waals surface area contributed by atoms with Crippen molar-refractivity contribution in [1.82, 2.24) is 10.6 Å². The summed E-state index contributed by atoms with van der Waals surface area (Å²) in [6.45, 7) is 8.08. The lowest BCUT2D eigenvalue weighted by Crippen LogP contribution is -2.38. The Kier molecular flexibility index (Phi) is 10.9. The Bertz CT molecular complexity index is 461. The van der Waals surface area contributed by atoms with E-state index >= 15 is 0 Å². The zero-order valence-corrected chi connectivity index (χ0v) is 15.5. The number of ether oxygens (including phenoxy) is 1. The largest absolute Gasteiger partial charge is 0.382 e. The fourth-order valence-corrected chi connectivity index (χ4v) is 2.64. The first-order chi connectivity index (χ1) is 11.2. The van der Waals surface area contributed by atoms with Crippen molar-refractivity contribution in [3.63, 3.8) is 0 Å². The molecule has 0 aliphatic heterocycles. The van der Waals surface area contributed by atoms with Crippen LogP contribution in [0.5, 0.6) is 0 Å². The van der Waals surface area contributed by atoms with Gasteiger partial charge < -0.3 is 15.4 Å². The first-order valence-electron chi connectivity index (χ1n) is 8.20. The van der Waals surface area contributed by atoms with Crippen molar-refractivity contribution in [2.75, 3.05) is 32.8 Å². The summed E-state index contributed by atoms with van der Waals surface area (Å²) in [5, 5.41) is 7.92. The number of unbranched alkanes of at least 4 members (excludes halogenated alkanes) is 1. The van der Waals surface area contributed by atoms with E-state index in [1.165, 1.54) is 0 Å². The van der Waals surface area contributed by atoms with Gasteiger partial charge in [-0.25, -0.2) is 0 Å². The molecular formula is C17H27Cl2N3O. The molecule has 0 atom stereocenters. The molecular weight excluding hydrogens is 333 g/mol. The quantitative estimate of drug-likeness (QED) is 0.378. The average Bonchev–Trinajstić information content (AvgIpc) is 2.49. The molecule has 0 aliphatic carbocycles. The van der Waals surface area contributed by atoms with Crippen LogP contribution in [0, 0.1) is 0 Å². The molecule has 0 saturated heterocycles. The summed E-state index contributed by atoms with van der Waals surface area (Å²) in [5.41, 5.74) is 1.11. The molecule has 0 saturated carbocycles. The van der Waals surface area contributed by atoms with Gasteiger partial charge in [-0.05, 0) is 56.9 Å².